The fourth-order valence-corrected chi connectivity index (χ4v) is 2.67. The van der Waals surface area contributed by atoms with Crippen molar-refractivity contribution in [2.24, 2.45) is 0 Å². The summed E-state index contributed by atoms with van der Waals surface area (Å²) in [6.45, 7) is 12.6. The Kier molecular flexibility index (Phi) is 5.12. The molecule has 0 spiro atoms. The fourth-order valence-electron chi connectivity index (χ4n) is 2.67. The van der Waals surface area contributed by atoms with Crippen LogP contribution in [0.1, 0.15) is 78.4 Å². The van der Waals surface area contributed by atoms with E-state index in [2.05, 4.69) is 20.8 Å². The predicted octanol–water partition coefficient (Wildman–Crippen LogP) is 5.25. The van der Waals surface area contributed by atoms with Crippen LogP contribution in [0.25, 0.3) is 0 Å². The Morgan fingerprint density at radius 3 is 1.85 bits per heavy atom. The van der Waals surface area contributed by atoms with Crippen LogP contribution in [0.5, 0.6) is 11.5 Å². The molecule has 0 aliphatic carbocycles. The van der Waals surface area contributed by atoms with Gasteiger partial charge in [0.1, 0.15) is 11.5 Å². The van der Waals surface area contributed by atoms with E-state index in [9.17, 15) is 10.2 Å². The Morgan fingerprint density at radius 2 is 1.35 bits per heavy atom. The van der Waals surface area contributed by atoms with Crippen molar-refractivity contribution in [3.05, 3.63) is 23.3 Å². The first kappa shape index (κ1) is 16.9. The van der Waals surface area contributed by atoms with Gasteiger partial charge in [0.25, 0.3) is 0 Å². The van der Waals surface area contributed by atoms with Gasteiger partial charge in [-0.1, -0.05) is 60.8 Å². The van der Waals surface area contributed by atoms with Crippen LogP contribution in [-0.2, 0) is 10.8 Å². The normalized spacial score (nSPS) is 12.7. The quantitative estimate of drug-likeness (QED) is 0.570. The standard InChI is InChI=1S/C18H30O2/c1-7-8-9-10-18(5,6)14-12-15(19)13(11-16(14)20)17(2,3)4/h11-12,19-20H,7-10H2,1-6H3. The summed E-state index contributed by atoms with van der Waals surface area (Å²) in [6.07, 6.45) is 4.56. The average molecular weight is 278 g/mol. The molecule has 0 atom stereocenters. The smallest absolute Gasteiger partial charge is 0.119 e. The molecule has 0 amide bonds. The Balaban J connectivity index is 3.11. The summed E-state index contributed by atoms with van der Waals surface area (Å²) in [6, 6.07) is 3.48. The molecule has 2 N–H and O–H groups in total. The molecule has 114 valence electrons. The van der Waals surface area contributed by atoms with Gasteiger partial charge in [-0.3, -0.25) is 0 Å². The highest BCUT2D eigenvalue weighted by molar-refractivity contribution is 5.50. The molecule has 0 aliphatic rings. The van der Waals surface area contributed by atoms with E-state index < -0.39 is 0 Å². The van der Waals surface area contributed by atoms with Crippen molar-refractivity contribution < 1.29 is 10.2 Å². The molecule has 0 heterocycles. The first-order valence-electron chi connectivity index (χ1n) is 7.66. The van der Waals surface area contributed by atoms with E-state index in [0.717, 1.165) is 24.0 Å². The summed E-state index contributed by atoms with van der Waals surface area (Å²) in [5.41, 5.74) is 1.35. The Bertz CT molecular complexity index is 453. The van der Waals surface area contributed by atoms with Crippen LogP contribution in [0.3, 0.4) is 0 Å². The predicted molar refractivity (Wildman–Crippen MR) is 85.6 cm³/mol. The molecule has 2 nitrogen and oxygen atoms in total. The first-order chi connectivity index (χ1) is 9.09. The third kappa shape index (κ3) is 3.91. The van der Waals surface area contributed by atoms with Crippen molar-refractivity contribution in [1.29, 1.82) is 0 Å². The second kappa shape index (κ2) is 6.07. The third-order valence-electron chi connectivity index (χ3n) is 4.06. The van der Waals surface area contributed by atoms with E-state index in [1.54, 1.807) is 12.1 Å². The van der Waals surface area contributed by atoms with Crippen LogP contribution in [-0.4, -0.2) is 10.2 Å². The zero-order valence-corrected chi connectivity index (χ0v) is 13.9. The van der Waals surface area contributed by atoms with Gasteiger partial charge in [-0.25, -0.2) is 0 Å². The van der Waals surface area contributed by atoms with Crippen molar-refractivity contribution >= 4 is 0 Å². The van der Waals surface area contributed by atoms with Crippen LogP contribution in [0.15, 0.2) is 12.1 Å². The molecule has 0 aliphatic heterocycles. The molecule has 1 rings (SSSR count). The third-order valence-corrected chi connectivity index (χ3v) is 4.06. The van der Waals surface area contributed by atoms with Gasteiger partial charge in [0.2, 0.25) is 0 Å². The topological polar surface area (TPSA) is 40.5 Å². The van der Waals surface area contributed by atoms with Crippen LogP contribution >= 0.6 is 0 Å². The van der Waals surface area contributed by atoms with Crippen molar-refractivity contribution in [2.75, 3.05) is 0 Å². The molecule has 0 saturated heterocycles. The number of hydrogen-bond donors (Lipinski definition) is 2. The number of hydrogen-bond acceptors (Lipinski definition) is 2. The number of aromatic hydroxyl groups is 2. The highest BCUT2D eigenvalue weighted by atomic mass is 16.3. The number of rotatable bonds is 5. The van der Waals surface area contributed by atoms with Crippen LogP contribution in [0.2, 0.25) is 0 Å². The molecule has 0 aromatic heterocycles. The summed E-state index contributed by atoms with van der Waals surface area (Å²) in [5.74, 6) is 0.586. The van der Waals surface area contributed by atoms with Crippen LogP contribution < -0.4 is 0 Å². The van der Waals surface area contributed by atoms with Gasteiger partial charge in [0.15, 0.2) is 0 Å². The highest BCUT2D eigenvalue weighted by Gasteiger charge is 2.27. The lowest BCUT2D eigenvalue weighted by molar-refractivity contribution is 0.394. The maximum atomic E-state index is 10.4. The second-order valence-electron chi connectivity index (χ2n) is 7.48. The van der Waals surface area contributed by atoms with Gasteiger partial charge in [-0.2, -0.15) is 0 Å². The van der Waals surface area contributed by atoms with Gasteiger partial charge < -0.3 is 10.2 Å². The van der Waals surface area contributed by atoms with Gasteiger partial charge in [0, 0.05) is 11.1 Å². The van der Waals surface area contributed by atoms with E-state index in [4.69, 9.17) is 0 Å². The Labute approximate surface area is 123 Å². The maximum Gasteiger partial charge on any atom is 0.119 e. The summed E-state index contributed by atoms with van der Waals surface area (Å²) in [7, 11) is 0. The van der Waals surface area contributed by atoms with Crippen molar-refractivity contribution in [3.8, 4) is 11.5 Å². The summed E-state index contributed by atoms with van der Waals surface area (Å²) >= 11 is 0. The van der Waals surface area contributed by atoms with E-state index >= 15 is 0 Å². The van der Waals surface area contributed by atoms with E-state index in [1.165, 1.54) is 12.8 Å². The zero-order valence-electron chi connectivity index (χ0n) is 13.9. The van der Waals surface area contributed by atoms with E-state index in [0.29, 0.717) is 5.75 Å². The van der Waals surface area contributed by atoms with Crippen molar-refractivity contribution in [3.63, 3.8) is 0 Å². The molecule has 2 heteroatoms. The second-order valence-corrected chi connectivity index (χ2v) is 7.48. The van der Waals surface area contributed by atoms with Gasteiger partial charge in [-0.05, 0) is 29.4 Å². The number of benzene rings is 1. The number of phenolic OH excluding ortho intramolecular Hbond substituents is 2. The molecule has 0 unspecified atom stereocenters. The largest absolute Gasteiger partial charge is 0.508 e. The molecule has 0 fully saturated rings. The minimum Gasteiger partial charge on any atom is -0.508 e. The van der Waals surface area contributed by atoms with Crippen LogP contribution in [0, 0.1) is 0 Å². The van der Waals surface area contributed by atoms with Crippen molar-refractivity contribution in [1.82, 2.24) is 0 Å². The van der Waals surface area contributed by atoms with Crippen molar-refractivity contribution in [2.45, 2.75) is 78.1 Å². The zero-order chi connectivity index (χ0) is 15.6. The molecule has 0 radical (unpaired) electrons. The number of unbranched alkanes of at least 4 members (excludes halogenated alkanes) is 2. The molecule has 0 bridgehead atoms. The lowest BCUT2D eigenvalue weighted by Gasteiger charge is -2.29. The van der Waals surface area contributed by atoms with Gasteiger partial charge in [0.05, 0.1) is 0 Å². The number of phenols is 2. The molecule has 1 aromatic carbocycles. The highest BCUT2D eigenvalue weighted by Crippen LogP contribution is 2.41. The summed E-state index contributed by atoms with van der Waals surface area (Å²) in [5, 5.41) is 20.6. The molecule has 20 heavy (non-hydrogen) atoms. The maximum absolute atomic E-state index is 10.4. The lowest BCUT2D eigenvalue weighted by Crippen LogP contribution is -2.18. The summed E-state index contributed by atoms with van der Waals surface area (Å²) < 4.78 is 0. The lowest BCUT2D eigenvalue weighted by atomic mass is 9.77. The minimum absolute atomic E-state index is 0.118. The Hall–Kier alpha value is -1.18. The molecule has 0 saturated carbocycles. The first-order valence-corrected chi connectivity index (χ1v) is 7.66. The minimum atomic E-state index is -0.174. The average Bonchev–Trinajstić information content (AvgIpc) is 2.30. The van der Waals surface area contributed by atoms with Crippen LogP contribution in [0.4, 0.5) is 0 Å². The monoisotopic (exact) mass is 278 g/mol. The van der Waals surface area contributed by atoms with Gasteiger partial charge in [-0.15, -0.1) is 0 Å². The molecular formula is C18H30O2. The SMILES string of the molecule is CCCCCC(C)(C)c1cc(O)c(C(C)(C)C)cc1O. The summed E-state index contributed by atoms with van der Waals surface area (Å²) in [4.78, 5) is 0. The van der Waals surface area contributed by atoms with E-state index in [1.807, 2.05) is 20.8 Å². The van der Waals surface area contributed by atoms with Gasteiger partial charge >= 0.3 is 0 Å². The molecular weight excluding hydrogens is 248 g/mol. The van der Waals surface area contributed by atoms with E-state index in [-0.39, 0.29) is 16.6 Å². The molecule has 1 aromatic rings. The Morgan fingerprint density at radius 1 is 0.850 bits per heavy atom. The fraction of sp³-hybridized carbons (Fsp3) is 0.667.